The van der Waals surface area contributed by atoms with Crippen molar-refractivity contribution in [3.8, 4) is 0 Å². The molecule has 8 heteroatoms. The molecule has 1 N–H and O–H groups in total. The summed E-state index contributed by atoms with van der Waals surface area (Å²) >= 11 is 0. The van der Waals surface area contributed by atoms with Crippen molar-refractivity contribution in [3.63, 3.8) is 0 Å². The fourth-order valence-electron chi connectivity index (χ4n) is 2.09. The molecule has 124 valence electrons. The van der Waals surface area contributed by atoms with E-state index < -0.39 is 29.7 Å². The zero-order valence-corrected chi connectivity index (χ0v) is 11.9. The maximum Gasteiger partial charge on any atom is 0.416 e. The first-order chi connectivity index (χ1) is 10.8. The second-order valence-electron chi connectivity index (χ2n) is 4.94. The minimum atomic E-state index is -4.45. The van der Waals surface area contributed by atoms with Crippen molar-refractivity contribution >= 4 is 18.0 Å². The summed E-state index contributed by atoms with van der Waals surface area (Å²) in [5.41, 5.74) is -0.569. The Labute approximate surface area is 130 Å². The predicted molar refractivity (Wildman–Crippen MR) is 74.4 cm³/mol. The Morgan fingerprint density at radius 1 is 1.35 bits per heavy atom. The fourth-order valence-corrected chi connectivity index (χ4v) is 2.09. The number of morpholine rings is 1. The first kappa shape index (κ1) is 17.0. The van der Waals surface area contributed by atoms with Gasteiger partial charge in [-0.25, -0.2) is 4.79 Å². The van der Waals surface area contributed by atoms with E-state index in [1.165, 1.54) is 23.1 Å². The summed E-state index contributed by atoms with van der Waals surface area (Å²) < 4.78 is 42.8. The van der Waals surface area contributed by atoms with Gasteiger partial charge in [0.1, 0.15) is 0 Å². The van der Waals surface area contributed by atoms with Crippen LogP contribution in [0.3, 0.4) is 0 Å². The molecule has 1 aliphatic heterocycles. The molecule has 1 atom stereocenters. The van der Waals surface area contributed by atoms with E-state index in [-0.39, 0.29) is 25.3 Å². The van der Waals surface area contributed by atoms with Crippen LogP contribution in [0.25, 0.3) is 6.08 Å². The van der Waals surface area contributed by atoms with Gasteiger partial charge in [0.25, 0.3) is 0 Å². The summed E-state index contributed by atoms with van der Waals surface area (Å²) in [7, 11) is 0. The zero-order valence-electron chi connectivity index (χ0n) is 11.9. The van der Waals surface area contributed by atoms with Crippen LogP contribution in [-0.2, 0) is 20.5 Å². The number of halogens is 3. The van der Waals surface area contributed by atoms with Crippen LogP contribution >= 0.6 is 0 Å². The summed E-state index contributed by atoms with van der Waals surface area (Å²) in [5, 5.41) is 8.86. The van der Waals surface area contributed by atoms with Gasteiger partial charge in [-0.1, -0.05) is 12.1 Å². The van der Waals surface area contributed by atoms with Crippen molar-refractivity contribution in [2.24, 2.45) is 0 Å². The van der Waals surface area contributed by atoms with Gasteiger partial charge < -0.3 is 14.7 Å². The number of hydrogen-bond donors (Lipinski definition) is 1. The lowest BCUT2D eigenvalue weighted by molar-refractivity contribution is -0.158. The molecule has 1 aromatic rings. The van der Waals surface area contributed by atoms with Crippen LogP contribution < -0.4 is 0 Å². The van der Waals surface area contributed by atoms with E-state index in [9.17, 15) is 22.8 Å². The highest BCUT2D eigenvalue weighted by atomic mass is 19.4. The van der Waals surface area contributed by atoms with E-state index in [0.29, 0.717) is 0 Å². The number of alkyl halides is 3. The molecule has 0 radical (unpaired) electrons. The van der Waals surface area contributed by atoms with Crippen LogP contribution in [-0.4, -0.2) is 47.7 Å². The lowest BCUT2D eigenvalue weighted by Gasteiger charge is -2.30. The number of amides is 1. The largest absolute Gasteiger partial charge is 0.479 e. The van der Waals surface area contributed by atoms with Crippen LogP contribution in [0.4, 0.5) is 13.2 Å². The number of nitrogens with zero attached hydrogens (tertiary/aromatic N) is 1. The summed E-state index contributed by atoms with van der Waals surface area (Å²) in [6.45, 7) is 0.233. The average Bonchev–Trinajstić information content (AvgIpc) is 2.52. The zero-order chi connectivity index (χ0) is 17.0. The lowest BCUT2D eigenvalue weighted by atomic mass is 10.1. The Morgan fingerprint density at radius 3 is 2.74 bits per heavy atom. The van der Waals surface area contributed by atoms with E-state index in [2.05, 4.69) is 0 Å². The number of aliphatic carboxylic acids is 1. The molecular weight excluding hydrogens is 315 g/mol. The fraction of sp³-hybridized carbons (Fsp3) is 0.333. The number of carboxylic acid groups (broad SMARTS) is 1. The molecule has 1 amide bonds. The van der Waals surface area contributed by atoms with Gasteiger partial charge in [0.15, 0.2) is 6.10 Å². The molecule has 1 unspecified atom stereocenters. The Kier molecular flexibility index (Phi) is 5.05. The highest BCUT2D eigenvalue weighted by Crippen LogP contribution is 2.29. The van der Waals surface area contributed by atoms with Gasteiger partial charge in [-0.2, -0.15) is 13.2 Å². The van der Waals surface area contributed by atoms with Crippen LogP contribution in [0.15, 0.2) is 30.3 Å². The van der Waals surface area contributed by atoms with E-state index in [1.54, 1.807) is 0 Å². The van der Waals surface area contributed by atoms with E-state index >= 15 is 0 Å². The number of carboxylic acids is 1. The minimum absolute atomic E-state index is 0.0961. The molecular formula is C15H14F3NO4. The smallest absolute Gasteiger partial charge is 0.416 e. The molecule has 1 aliphatic rings. The molecule has 5 nitrogen and oxygen atoms in total. The Hall–Kier alpha value is -2.35. The van der Waals surface area contributed by atoms with Crippen molar-refractivity contribution in [2.45, 2.75) is 12.3 Å². The topological polar surface area (TPSA) is 66.8 Å². The number of benzene rings is 1. The Balaban J connectivity index is 2.05. The molecule has 23 heavy (non-hydrogen) atoms. The van der Waals surface area contributed by atoms with E-state index in [4.69, 9.17) is 9.84 Å². The van der Waals surface area contributed by atoms with Crippen LogP contribution in [0.1, 0.15) is 11.1 Å². The highest BCUT2D eigenvalue weighted by Gasteiger charge is 2.30. The van der Waals surface area contributed by atoms with E-state index in [1.807, 2.05) is 0 Å². The quantitative estimate of drug-likeness (QED) is 0.862. The molecule has 1 heterocycles. The van der Waals surface area contributed by atoms with Gasteiger partial charge in [-0.3, -0.25) is 4.79 Å². The number of hydrogen-bond acceptors (Lipinski definition) is 3. The Morgan fingerprint density at radius 2 is 2.09 bits per heavy atom. The third-order valence-corrected chi connectivity index (χ3v) is 3.29. The second kappa shape index (κ2) is 6.82. The number of carbonyl (C=O) groups excluding carboxylic acids is 1. The molecule has 1 aromatic carbocycles. The molecule has 0 spiro atoms. The van der Waals surface area contributed by atoms with Gasteiger partial charge in [-0.05, 0) is 23.8 Å². The van der Waals surface area contributed by atoms with Crippen molar-refractivity contribution in [1.82, 2.24) is 4.90 Å². The molecule has 1 saturated heterocycles. The molecule has 1 fully saturated rings. The Bertz CT molecular complexity index is 627. The van der Waals surface area contributed by atoms with Gasteiger partial charge in [0.05, 0.1) is 18.7 Å². The molecule has 0 saturated carbocycles. The monoisotopic (exact) mass is 329 g/mol. The predicted octanol–water partition coefficient (Wildman–Crippen LogP) is 2.03. The molecule has 0 aromatic heterocycles. The first-order valence-electron chi connectivity index (χ1n) is 6.76. The maximum absolute atomic E-state index is 12.6. The summed E-state index contributed by atoms with van der Waals surface area (Å²) in [4.78, 5) is 24.1. The van der Waals surface area contributed by atoms with Crippen molar-refractivity contribution < 1.29 is 32.6 Å². The third-order valence-electron chi connectivity index (χ3n) is 3.29. The van der Waals surface area contributed by atoms with E-state index in [0.717, 1.165) is 18.2 Å². The van der Waals surface area contributed by atoms with Crippen molar-refractivity contribution in [1.29, 1.82) is 0 Å². The van der Waals surface area contributed by atoms with Crippen molar-refractivity contribution in [3.05, 3.63) is 41.5 Å². The van der Waals surface area contributed by atoms with Gasteiger partial charge >= 0.3 is 12.1 Å². The number of carbonyl (C=O) groups is 2. The van der Waals surface area contributed by atoms with Gasteiger partial charge in [0, 0.05) is 12.6 Å². The highest BCUT2D eigenvalue weighted by molar-refractivity contribution is 5.92. The first-order valence-corrected chi connectivity index (χ1v) is 6.76. The van der Waals surface area contributed by atoms with Gasteiger partial charge in [-0.15, -0.1) is 0 Å². The normalized spacial score (nSPS) is 19.1. The van der Waals surface area contributed by atoms with Crippen LogP contribution in [0.5, 0.6) is 0 Å². The second-order valence-corrected chi connectivity index (χ2v) is 4.94. The maximum atomic E-state index is 12.6. The number of ether oxygens (including phenoxy) is 1. The van der Waals surface area contributed by atoms with Crippen LogP contribution in [0, 0.1) is 0 Å². The third kappa shape index (κ3) is 4.56. The van der Waals surface area contributed by atoms with Gasteiger partial charge in [0.2, 0.25) is 5.91 Å². The molecule has 0 bridgehead atoms. The number of rotatable bonds is 3. The van der Waals surface area contributed by atoms with Crippen molar-refractivity contribution in [2.75, 3.05) is 19.7 Å². The lowest BCUT2D eigenvalue weighted by Crippen LogP contribution is -2.48. The van der Waals surface area contributed by atoms with Crippen LogP contribution in [0.2, 0.25) is 0 Å². The summed E-state index contributed by atoms with van der Waals surface area (Å²) in [6, 6.07) is 4.57. The molecule has 0 aliphatic carbocycles. The average molecular weight is 329 g/mol. The molecule has 2 rings (SSSR count). The standard InChI is InChI=1S/C15H14F3NO4/c16-15(17,18)11-3-1-2-10(8-11)4-5-13(20)19-6-7-23-12(9-19)14(21)22/h1-5,8,12H,6-7,9H2,(H,21,22). The SMILES string of the molecule is O=C(O)C1CN(C(=O)C=Cc2cccc(C(F)(F)F)c2)CCO1. The summed E-state index contributed by atoms with van der Waals surface area (Å²) in [6.07, 6.45) is -3.15. The minimum Gasteiger partial charge on any atom is -0.479 e. The summed E-state index contributed by atoms with van der Waals surface area (Å²) in [5.74, 6) is -1.64.